The fraction of sp³-hybridized carbons (Fsp3) is 0.500. The van der Waals surface area contributed by atoms with Crippen molar-refractivity contribution < 1.29 is 23.4 Å². The van der Waals surface area contributed by atoms with E-state index in [4.69, 9.17) is 18.6 Å². The van der Waals surface area contributed by atoms with Crippen LogP contribution in [0.2, 0.25) is 0 Å². The van der Waals surface area contributed by atoms with Crippen molar-refractivity contribution in [3.63, 3.8) is 0 Å². The molecule has 0 saturated carbocycles. The highest BCUT2D eigenvalue weighted by atomic mass is 16.5. The van der Waals surface area contributed by atoms with Crippen molar-refractivity contribution in [1.82, 2.24) is 20.1 Å². The van der Waals surface area contributed by atoms with E-state index in [2.05, 4.69) is 21.6 Å². The first kappa shape index (κ1) is 30.4. The lowest BCUT2D eigenvalue weighted by atomic mass is 10.0. The Hall–Kier alpha value is -3.53. The van der Waals surface area contributed by atoms with Gasteiger partial charge in [-0.3, -0.25) is 9.36 Å². The van der Waals surface area contributed by atoms with Gasteiger partial charge < -0.3 is 34.2 Å². The smallest absolute Gasteiger partial charge is 0.408 e. The molecule has 4 rings (SSSR count). The minimum atomic E-state index is -0.695. The van der Waals surface area contributed by atoms with Gasteiger partial charge in [0.15, 0.2) is 5.58 Å². The van der Waals surface area contributed by atoms with E-state index < -0.39 is 12.1 Å². The van der Waals surface area contributed by atoms with Crippen LogP contribution in [-0.2, 0) is 32.0 Å². The minimum absolute atomic E-state index is 0.0714. The lowest BCUT2D eigenvalue weighted by Crippen LogP contribution is -2.49. The molecular weight excluding hydrogens is 526 g/mol. The van der Waals surface area contributed by atoms with E-state index in [0.717, 1.165) is 41.7 Å². The summed E-state index contributed by atoms with van der Waals surface area (Å²) in [5, 5.41) is 15.7. The number of carbonyl (C=O) groups excluding carboxylic acids is 1. The van der Waals surface area contributed by atoms with Crippen molar-refractivity contribution in [2.24, 2.45) is 0 Å². The summed E-state index contributed by atoms with van der Waals surface area (Å²) >= 11 is 0. The van der Waals surface area contributed by atoms with Gasteiger partial charge in [-0.2, -0.15) is 5.26 Å². The molecule has 11 heteroatoms. The SMILES string of the molecule is COCCN(C)CCn1c(=O)oc2ccc(-c3ccc(C[C@@H](C#N)NC(=O)[C@@H]4CNCC[C@@H](OC)CO4)cc3)cc21. The molecule has 2 N–H and O–H groups in total. The van der Waals surface area contributed by atoms with E-state index in [0.29, 0.717) is 44.9 Å². The summed E-state index contributed by atoms with van der Waals surface area (Å²) in [7, 11) is 5.28. The third-order valence-corrected chi connectivity index (χ3v) is 7.33. The number of nitrogens with one attached hydrogen (secondary N) is 2. The Morgan fingerprint density at radius 3 is 2.73 bits per heavy atom. The Morgan fingerprint density at radius 2 is 2.00 bits per heavy atom. The fourth-order valence-electron chi connectivity index (χ4n) is 4.76. The maximum atomic E-state index is 12.8. The average Bonchev–Trinajstić information content (AvgIpc) is 3.28. The minimum Gasteiger partial charge on any atom is -0.408 e. The monoisotopic (exact) mass is 565 g/mol. The van der Waals surface area contributed by atoms with Crippen molar-refractivity contribution in [2.75, 3.05) is 60.7 Å². The van der Waals surface area contributed by atoms with Gasteiger partial charge in [0.1, 0.15) is 12.1 Å². The van der Waals surface area contributed by atoms with Gasteiger partial charge in [-0.25, -0.2) is 4.79 Å². The van der Waals surface area contributed by atoms with Gasteiger partial charge in [0.2, 0.25) is 0 Å². The van der Waals surface area contributed by atoms with Gasteiger partial charge in [-0.05, 0) is 48.8 Å². The molecule has 0 aliphatic carbocycles. The molecule has 41 heavy (non-hydrogen) atoms. The first-order chi connectivity index (χ1) is 19.9. The Balaban J connectivity index is 1.40. The molecule has 1 aromatic heterocycles. The van der Waals surface area contributed by atoms with Crippen molar-refractivity contribution in [3.8, 4) is 17.2 Å². The molecule has 0 radical (unpaired) electrons. The molecule has 0 unspecified atom stereocenters. The zero-order valence-corrected chi connectivity index (χ0v) is 23.9. The molecule has 3 aromatic rings. The number of nitriles is 1. The zero-order chi connectivity index (χ0) is 29.2. The quantitative estimate of drug-likeness (QED) is 0.337. The summed E-state index contributed by atoms with van der Waals surface area (Å²) in [5.74, 6) is -0.696. The van der Waals surface area contributed by atoms with Crippen LogP contribution in [-0.4, -0.2) is 94.3 Å². The first-order valence-electron chi connectivity index (χ1n) is 13.9. The topological polar surface area (TPSA) is 131 Å². The number of oxazole rings is 1. The van der Waals surface area contributed by atoms with Crippen LogP contribution in [0, 0.1) is 11.3 Å². The Bertz CT molecular complexity index is 1380. The van der Waals surface area contributed by atoms with Crippen LogP contribution in [0.3, 0.4) is 0 Å². The number of ether oxygens (including phenoxy) is 3. The number of likely N-dealkylation sites (N-methyl/N-ethyl adjacent to an activating group) is 1. The lowest BCUT2D eigenvalue weighted by Gasteiger charge is -2.25. The van der Waals surface area contributed by atoms with Gasteiger partial charge in [0, 0.05) is 46.8 Å². The van der Waals surface area contributed by atoms with Crippen molar-refractivity contribution in [1.29, 1.82) is 5.26 Å². The van der Waals surface area contributed by atoms with Crippen LogP contribution in [0.25, 0.3) is 22.2 Å². The summed E-state index contributed by atoms with van der Waals surface area (Å²) in [4.78, 5) is 27.4. The second kappa shape index (κ2) is 14.9. The summed E-state index contributed by atoms with van der Waals surface area (Å²) in [5.41, 5.74) is 4.11. The van der Waals surface area contributed by atoms with E-state index in [1.54, 1.807) is 18.8 Å². The van der Waals surface area contributed by atoms with E-state index >= 15 is 0 Å². The molecule has 220 valence electrons. The van der Waals surface area contributed by atoms with E-state index in [-0.39, 0.29) is 17.8 Å². The van der Waals surface area contributed by atoms with Gasteiger partial charge in [0.05, 0.1) is 30.9 Å². The van der Waals surface area contributed by atoms with Gasteiger partial charge in [-0.1, -0.05) is 30.3 Å². The zero-order valence-electron chi connectivity index (χ0n) is 23.9. The Morgan fingerprint density at radius 1 is 1.22 bits per heavy atom. The molecule has 0 spiro atoms. The van der Waals surface area contributed by atoms with Crippen LogP contribution < -0.4 is 16.4 Å². The molecule has 1 fully saturated rings. The number of rotatable bonds is 12. The highest BCUT2D eigenvalue weighted by molar-refractivity contribution is 5.82. The molecule has 1 saturated heterocycles. The molecule has 1 aliphatic rings. The number of benzene rings is 2. The number of hydrogen-bond acceptors (Lipinski definition) is 9. The predicted octanol–water partition coefficient (Wildman–Crippen LogP) is 1.78. The number of carbonyl (C=O) groups is 1. The summed E-state index contributed by atoms with van der Waals surface area (Å²) < 4.78 is 23.3. The standard InChI is InChI=1S/C30H39N5O6/c1-34(14-15-38-2)12-13-35-26-17-23(8-9-27(26)41-30(35)37)22-6-4-21(5-7-22)16-24(18-31)33-29(36)28-19-32-11-10-25(39-3)20-40-28/h4-9,17,24-25,28,32H,10-16,19-20H2,1-3H3,(H,33,36)/t24-,25+,28-/m0/s1. The number of hydrogen-bond donors (Lipinski definition) is 2. The van der Waals surface area contributed by atoms with E-state index in [9.17, 15) is 14.9 Å². The molecule has 2 aromatic carbocycles. The molecule has 1 aliphatic heterocycles. The number of methoxy groups -OCH3 is 2. The lowest BCUT2D eigenvalue weighted by molar-refractivity contribution is -0.136. The molecule has 1 amide bonds. The summed E-state index contributed by atoms with van der Waals surface area (Å²) in [6.07, 6.45) is 0.412. The van der Waals surface area contributed by atoms with E-state index in [1.807, 2.05) is 49.5 Å². The number of nitrogens with zero attached hydrogens (tertiary/aromatic N) is 3. The van der Waals surface area contributed by atoms with Crippen LogP contribution in [0.15, 0.2) is 51.7 Å². The van der Waals surface area contributed by atoms with Crippen LogP contribution >= 0.6 is 0 Å². The fourth-order valence-corrected chi connectivity index (χ4v) is 4.76. The summed E-state index contributed by atoms with van der Waals surface area (Å²) in [6, 6.07) is 15.0. The van der Waals surface area contributed by atoms with Crippen LogP contribution in [0.1, 0.15) is 12.0 Å². The van der Waals surface area contributed by atoms with Crippen molar-refractivity contribution >= 4 is 17.0 Å². The molecule has 0 bridgehead atoms. The van der Waals surface area contributed by atoms with Gasteiger partial charge in [0.25, 0.3) is 5.91 Å². The second-order valence-corrected chi connectivity index (χ2v) is 10.3. The maximum Gasteiger partial charge on any atom is 0.419 e. The predicted molar refractivity (Wildman–Crippen MR) is 155 cm³/mol. The highest BCUT2D eigenvalue weighted by Crippen LogP contribution is 2.25. The summed E-state index contributed by atoms with van der Waals surface area (Å²) in [6.45, 7) is 4.04. The number of aromatic nitrogens is 1. The largest absolute Gasteiger partial charge is 0.419 e. The van der Waals surface area contributed by atoms with Gasteiger partial charge in [-0.15, -0.1) is 0 Å². The van der Waals surface area contributed by atoms with Crippen molar-refractivity contribution in [3.05, 3.63) is 58.6 Å². The van der Waals surface area contributed by atoms with Crippen LogP contribution in [0.5, 0.6) is 0 Å². The van der Waals surface area contributed by atoms with Gasteiger partial charge >= 0.3 is 5.76 Å². The molecule has 2 heterocycles. The molecule has 11 nitrogen and oxygen atoms in total. The molecular formula is C30H39N5O6. The molecule has 3 atom stereocenters. The second-order valence-electron chi connectivity index (χ2n) is 10.3. The maximum absolute atomic E-state index is 12.8. The Labute approximate surface area is 240 Å². The third kappa shape index (κ3) is 8.25. The average molecular weight is 566 g/mol. The Kier molecular flexibility index (Phi) is 11.1. The van der Waals surface area contributed by atoms with Crippen LogP contribution in [0.4, 0.5) is 0 Å². The number of fused-ring (bicyclic) bond motifs is 1. The first-order valence-corrected chi connectivity index (χ1v) is 13.9. The van der Waals surface area contributed by atoms with E-state index in [1.165, 1.54) is 0 Å². The third-order valence-electron chi connectivity index (χ3n) is 7.33. The highest BCUT2D eigenvalue weighted by Gasteiger charge is 2.25. The number of amides is 1. The normalized spacial score (nSPS) is 18.5. The van der Waals surface area contributed by atoms with Crippen molar-refractivity contribution in [2.45, 2.75) is 37.6 Å².